The normalized spacial score (nSPS) is 12.7. The molecule has 1 heterocycles. The molecule has 0 fully saturated rings. The van der Waals surface area contributed by atoms with Crippen LogP contribution in [0.4, 0.5) is 0 Å². The average molecular weight is 227 g/mol. The lowest BCUT2D eigenvalue weighted by Crippen LogP contribution is -2.20. The van der Waals surface area contributed by atoms with Crippen molar-refractivity contribution in [3.05, 3.63) is 29.0 Å². The van der Waals surface area contributed by atoms with Crippen molar-refractivity contribution in [2.24, 2.45) is 5.92 Å². The molecule has 1 rings (SSSR count). The number of rotatable bonds is 6. The van der Waals surface area contributed by atoms with Crippen molar-refractivity contribution in [1.29, 1.82) is 0 Å². The largest absolute Gasteiger partial charge is 0.319 e. The van der Waals surface area contributed by atoms with Crippen LogP contribution >= 0.6 is 11.6 Å². The maximum absolute atomic E-state index is 6.09. The predicted octanol–water partition coefficient (Wildman–Crippen LogP) is 2.91. The molecule has 15 heavy (non-hydrogen) atoms. The van der Waals surface area contributed by atoms with Crippen molar-refractivity contribution in [2.75, 3.05) is 13.6 Å². The van der Waals surface area contributed by atoms with Gasteiger partial charge in [-0.2, -0.15) is 0 Å². The molecule has 1 aromatic rings. The number of nitrogens with zero attached hydrogens (tertiary/aromatic N) is 1. The summed E-state index contributed by atoms with van der Waals surface area (Å²) in [7, 11) is 2.00. The van der Waals surface area contributed by atoms with Gasteiger partial charge in [0.1, 0.15) is 0 Å². The van der Waals surface area contributed by atoms with Gasteiger partial charge >= 0.3 is 0 Å². The van der Waals surface area contributed by atoms with Crippen LogP contribution in [0, 0.1) is 5.92 Å². The number of aromatic nitrogens is 1. The van der Waals surface area contributed by atoms with Gasteiger partial charge in [-0.3, -0.25) is 4.98 Å². The third-order valence-electron chi connectivity index (χ3n) is 2.55. The minimum atomic E-state index is 0.667. The van der Waals surface area contributed by atoms with Crippen molar-refractivity contribution in [2.45, 2.75) is 26.2 Å². The third-order valence-corrected chi connectivity index (χ3v) is 2.90. The maximum Gasteiger partial charge on any atom is 0.0621 e. The minimum absolute atomic E-state index is 0.667. The molecule has 1 unspecified atom stereocenters. The Labute approximate surface area is 97.1 Å². The van der Waals surface area contributed by atoms with Crippen molar-refractivity contribution < 1.29 is 0 Å². The summed E-state index contributed by atoms with van der Waals surface area (Å²) >= 11 is 6.09. The second kappa shape index (κ2) is 6.81. The van der Waals surface area contributed by atoms with Crippen LogP contribution in [0.2, 0.25) is 5.02 Å². The second-order valence-corrected chi connectivity index (χ2v) is 4.29. The van der Waals surface area contributed by atoms with Crippen LogP contribution in [-0.4, -0.2) is 18.6 Å². The highest BCUT2D eigenvalue weighted by atomic mass is 35.5. The Bertz CT molecular complexity index is 283. The molecule has 1 N–H and O–H groups in total. The van der Waals surface area contributed by atoms with Gasteiger partial charge in [0.2, 0.25) is 0 Å². The van der Waals surface area contributed by atoms with Gasteiger partial charge in [0, 0.05) is 12.4 Å². The lowest BCUT2D eigenvalue weighted by Gasteiger charge is -2.16. The zero-order valence-electron chi connectivity index (χ0n) is 9.46. The molecule has 0 amide bonds. The molecule has 0 aliphatic heterocycles. The average Bonchev–Trinajstić information content (AvgIpc) is 2.22. The van der Waals surface area contributed by atoms with Gasteiger partial charge in [-0.05, 0) is 44.0 Å². The van der Waals surface area contributed by atoms with Crippen molar-refractivity contribution >= 4 is 11.6 Å². The molecule has 1 atom stereocenters. The number of hydrogen-bond donors (Lipinski definition) is 1. The second-order valence-electron chi connectivity index (χ2n) is 3.88. The van der Waals surface area contributed by atoms with E-state index in [2.05, 4.69) is 17.2 Å². The standard InChI is InChI=1S/C12H19ClN2/c1-3-4-10(8-14-2)7-11-5-6-15-9-12(11)13/h5-6,9-10,14H,3-4,7-8H2,1-2H3. The highest BCUT2D eigenvalue weighted by Gasteiger charge is 2.09. The van der Waals surface area contributed by atoms with Crippen molar-refractivity contribution in [3.8, 4) is 0 Å². The van der Waals surface area contributed by atoms with Crippen LogP contribution in [0.5, 0.6) is 0 Å². The summed E-state index contributed by atoms with van der Waals surface area (Å²) in [5.74, 6) is 0.667. The van der Waals surface area contributed by atoms with Gasteiger partial charge in [-0.1, -0.05) is 24.9 Å². The van der Waals surface area contributed by atoms with Crippen LogP contribution < -0.4 is 5.32 Å². The van der Waals surface area contributed by atoms with E-state index in [0.717, 1.165) is 18.0 Å². The Hall–Kier alpha value is -0.600. The predicted molar refractivity (Wildman–Crippen MR) is 65.3 cm³/mol. The smallest absolute Gasteiger partial charge is 0.0621 e. The third kappa shape index (κ3) is 4.18. The quantitative estimate of drug-likeness (QED) is 0.807. The first-order chi connectivity index (χ1) is 7.27. The van der Waals surface area contributed by atoms with Gasteiger partial charge in [0.25, 0.3) is 0 Å². The Morgan fingerprint density at radius 2 is 2.33 bits per heavy atom. The van der Waals surface area contributed by atoms with Crippen LogP contribution in [0.25, 0.3) is 0 Å². The molecule has 0 aliphatic carbocycles. The van der Waals surface area contributed by atoms with E-state index in [4.69, 9.17) is 11.6 Å². The lowest BCUT2D eigenvalue weighted by molar-refractivity contribution is 0.456. The molecule has 3 heteroatoms. The van der Waals surface area contributed by atoms with E-state index in [-0.39, 0.29) is 0 Å². The molecule has 0 saturated heterocycles. The van der Waals surface area contributed by atoms with E-state index in [1.54, 1.807) is 6.20 Å². The summed E-state index contributed by atoms with van der Waals surface area (Å²) in [4.78, 5) is 4.00. The van der Waals surface area contributed by atoms with Crippen LogP contribution in [0.15, 0.2) is 18.5 Å². The maximum atomic E-state index is 6.09. The molecule has 0 aromatic carbocycles. The lowest BCUT2D eigenvalue weighted by atomic mass is 9.95. The Balaban J connectivity index is 2.60. The number of nitrogens with one attached hydrogen (secondary N) is 1. The molecule has 0 saturated carbocycles. The van der Waals surface area contributed by atoms with Crippen molar-refractivity contribution in [3.63, 3.8) is 0 Å². The Morgan fingerprint density at radius 3 is 2.93 bits per heavy atom. The molecule has 0 radical (unpaired) electrons. The highest BCUT2D eigenvalue weighted by Crippen LogP contribution is 2.19. The zero-order valence-corrected chi connectivity index (χ0v) is 10.2. The summed E-state index contributed by atoms with van der Waals surface area (Å²) in [6.07, 6.45) is 7.02. The molecule has 0 bridgehead atoms. The summed E-state index contributed by atoms with van der Waals surface area (Å²) < 4.78 is 0. The van der Waals surface area contributed by atoms with Gasteiger partial charge in [-0.25, -0.2) is 0 Å². The monoisotopic (exact) mass is 226 g/mol. The van der Waals surface area contributed by atoms with E-state index in [1.165, 1.54) is 18.4 Å². The first kappa shape index (κ1) is 12.5. The fourth-order valence-corrected chi connectivity index (χ4v) is 2.05. The van der Waals surface area contributed by atoms with Crippen LogP contribution in [0.3, 0.4) is 0 Å². The summed E-state index contributed by atoms with van der Waals surface area (Å²) in [6.45, 7) is 3.27. The van der Waals surface area contributed by atoms with E-state index >= 15 is 0 Å². The van der Waals surface area contributed by atoms with Crippen LogP contribution in [-0.2, 0) is 6.42 Å². The first-order valence-electron chi connectivity index (χ1n) is 5.51. The molecule has 1 aromatic heterocycles. The molecule has 0 aliphatic rings. The summed E-state index contributed by atoms with van der Waals surface area (Å²) in [6, 6.07) is 2.01. The fourth-order valence-electron chi connectivity index (χ4n) is 1.85. The zero-order chi connectivity index (χ0) is 11.1. The first-order valence-corrected chi connectivity index (χ1v) is 5.88. The molecular formula is C12H19ClN2. The fraction of sp³-hybridized carbons (Fsp3) is 0.583. The Kier molecular flexibility index (Phi) is 5.66. The van der Waals surface area contributed by atoms with Gasteiger partial charge < -0.3 is 5.32 Å². The molecule has 84 valence electrons. The topological polar surface area (TPSA) is 24.9 Å². The SMILES string of the molecule is CCCC(CNC)Cc1ccncc1Cl. The minimum Gasteiger partial charge on any atom is -0.319 e. The van der Waals surface area contributed by atoms with E-state index < -0.39 is 0 Å². The summed E-state index contributed by atoms with van der Waals surface area (Å²) in [5.41, 5.74) is 1.21. The summed E-state index contributed by atoms with van der Waals surface area (Å²) in [5, 5.41) is 4.02. The van der Waals surface area contributed by atoms with Crippen molar-refractivity contribution in [1.82, 2.24) is 10.3 Å². The molecular weight excluding hydrogens is 208 g/mol. The van der Waals surface area contributed by atoms with Gasteiger partial charge in [0.05, 0.1) is 5.02 Å². The Morgan fingerprint density at radius 1 is 1.53 bits per heavy atom. The van der Waals surface area contributed by atoms with Gasteiger partial charge in [-0.15, -0.1) is 0 Å². The molecule has 0 spiro atoms. The number of halogens is 1. The highest BCUT2D eigenvalue weighted by molar-refractivity contribution is 6.31. The van der Waals surface area contributed by atoms with Crippen LogP contribution in [0.1, 0.15) is 25.3 Å². The van der Waals surface area contributed by atoms with E-state index in [9.17, 15) is 0 Å². The van der Waals surface area contributed by atoms with E-state index in [0.29, 0.717) is 5.92 Å². The van der Waals surface area contributed by atoms with Gasteiger partial charge in [0.15, 0.2) is 0 Å². The number of pyridine rings is 1. The van der Waals surface area contributed by atoms with E-state index in [1.807, 2.05) is 19.3 Å². The molecule has 2 nitrogen and oxygen atoms in total. The number of hydrogen-bond acceptors (Lipinski definition) is 2.